The third-order valence-corrected chi connectivity index (χ3v) is 2.97. The van der Waals surface area contributed by atoms with Gasteiger partial charge in [0.1, 0.15) is 0 Å². The third kappa shape index (κ3) is 1.74. The first-order valence-corrected chi connectivity index (χ1v) is 5.55. The van der Waals surface area contributed by atoms with Gasteiger partial charge in [-0.15, -0.1) is 0 Å². The molecule has 0 N–H and O–H groups in total. The Balaban J connectivity index is 2.94. The molecule has 4 heteroatoms. The minimum Gasteiger partial charge on any atom is -0.251 e. The molecule has 14 heavy (non-hydrogen) atoms. The van der Waals surface area contributed by atoms with Crippen molar-refractivity contribution >= 4 is 50.0 Å². The van der Waals surface area contributed by atoms with Gasteiger partial charge in [0.15, 0.2) is 0 Å². The van der Waals surface area contributed by atoms with Crippen LogP contribution in [0, 0.1) is 6.92 Å². The van der Waals surface area contributed by atoms with E-state index in [1.165, 1.54) is 0 Å². The van der Waals surface area contributed by atoms with Crippen molar-refractivity contribution in [1.29, 1.82) is 0 Å². The molecule has 1 nitrogen and oxygen atoms in total. The van der Waals surface area contributed by atoms with E-state index in [4.69, 9.17) is 23.2 Å². The van der Waals surface area contributed by atoms with Crippen LogP contribution >= 0.6 is 39.1 Å². The number of aromatic nitrogens is 1. The van der Waals surface area contributed by atoms with Crippen LogP contribution in [-0.2, 0) is 0 Å². The molecule has 1 aromatic carbocycles. The fourth-order valence-electron chi connectivity index (χ4n) is 1.33. The van der Waals surface area contributed by atoms with Crippen LogP contribution in [0.2, 0.25) is 10.0 Å². The normalized spacial score (nSPS) is 10.9. The van der Waals surface area contributed by atoms with Crippen LogP contribution in [0.5, 0.6) is 0 Å². The number of rotatable bonds is 0. The number of benzene rings is 1. The minimum absolute atomic E-state index is 0.611. The topological polar surface area (TPSA) is 12.9 Å². The molecule has 0 radical (unpaired) electrons. The maximum atomic E-state index is 6.09. The van der Waals surface area contributed by atoms with Gasteiger partial charge in [0.25, 0.3) is 0 Å². The molecule has 0 fully saturated rings. The summed E-state index contributed by atoms with van der Waals surface area (Å²) in [4.78, 5) is 4.34. The average Bonchev–Trinajstić information content (AvgIpc) is 2.07. The van der Waals surface area contributed by atoms with Crippen molar-refractivity contribution in [2.24, 2.45) is 0 Å². The van der Waals surface area contributed by atoms with Gasteiger partial charge in [0.2, 0.25) is 0 Å². The number of pyridine rings is 1. The lowest BCUT2D eigenvalue weighted by atomic mass is 10.2. The third-order valence-electron chi connectivity index (χ3n) is 1.91. The Bertz CT molecular complexity index is 464. The highest BCUT2D eigenvalue weighted by Crippen LogP contribution is 2.31. The number of hydrogen-bond acceptors (Lipinski definition) is 1. The average molecular weight is 291 g/mol. The Morgan fingerprint density at radius 2 is 1.86 bits per heavy atom. The summed E-state index contributed by atoms with van der Waals surface area (Å²) in [5.41, 5.74) is 1.62. The summed E-state index contributed by atoms with van der Waals surface area (Å²) in [7, 11) is 0. The van der Waals surface area contributed by atoms with Crippen molar-refractivity contribution in [3.63, 3.8) is 0 Å². The SMILES string of the molecule is Cc1cc(Cl)c2cc(Br)cc(Cl)c2n1. The quantitative estimate of drug-likeness (QED) is 0.690. The monoisotopic (exact) mass is 289 g/mol. The van der Waals surface area contributed by atoms with E-state index in [1.807, 2.05) is 25.1 Å². The molecule has 0 unspecified atom stereocenters. The predicted octanol–water partition coefficient (Wildman–Crippen LogP) is 4.61. The van der Waals surface area contributed by atoms with Crippen molar-refractivity contribution in [2.45, 2.75) is 6.92 Å². The van der Waals surface area contributed by atoms with Gasteiger partial charge in [0.05, 0.1) is 15.6 Å². The molecule has 0 atom stereocenters. The first-order valence-electron chi connectivity index (χ1n) is 4.00. The van der Waals surface area contributed by atoms with Gasteiger partial charge in [0, 0.05) is 15.6 Å². The van der Waals surface area contributed by atoms with E-state index in [1.54, 1.807) is 0 Å². The van der Waals surface area contributed by atoms with Gasteiger partial charge in [-0.25, -0.2) is 0 Å². The summed E-state index contributed by atoms with van der Waals surface area (Å²) < 4.78 is 0.905. The van der Waals surface area contributed by atoms with Gasteiger partial charge < -0.3 is 0 Å². The highest BCUT2D eigenvalue weighted by Gasteiger charge is 2.06. The van der Waals surface area contributed by atoms with Gasteiger partial charge >= 0.3 is 0 Å². The lowest BCUT2D eigenvalue weighted by Crippen LogP contribution is -1.86. The smallest absolute Gasteiger partial charge is 0.0907 e. The summed E-state index contributed by atoms with van der Waals surface area (Å²) in [6.45, 7) is 1.89. The lowest BCUT2D eigenvalue weighted by molar-refractivity contribution is 1.25. The lowest BCUT2D eigenvalue weighted by Gasteiger charge is -2.04. The van der Waals surface area contributed by atoms with Crippen LogP contribution in [0.3, 0.4) is 0 Å². The van der Waals surface area contributed by atoms with E-state index in [2.05, 4.69) is 20.9 Å². The summed E-state index contributed by atoms with van der Waals surface area (Å²) in [5, 5.41) is 2.16. The summed E-state index contributed by atoms with van der Waals surface area (Å²) in [6.07, 6.45) is 0. The molecule has 1 heterocycles. The standard InChI is InChI=1S/C10H6BrCl2N/c1-5-2-8(12)7-3-6(11)4-9(13)10(7)14-5/h2-4H,1H3. The Morgan fingerprint density at radius 3 is 2.57 bits per heavy atom. The van der Waals surface area contributed by atoms with E-state index in [9.17, 15) is 0 Å². The van der Waals surface area contributed by atoms with E-state index >= 15 is 0 Å². The molecule has 0 saturated heterocycles. The molecule has 0 saturated carbocycles. The molecule has 72 valence electrons. The molecule has 0 spiro atoms. The van der Waals surface area contributed by atoms with E-state index in [0.717, 1.165) is 21.1 Å². The molecule has 0 aliphatic carbocycles. The first kappa shape index (κ1) is 10.2. The van der Waals surface area contributed by atoms with E-state index in [-0.39, 0.29) is 0 Å². The van der Waals surface area contributed by atoms with Gasteiger partial charge in [-0.1, -0.05) is 39.1 Å². The zero-order chi connectivity index (χ0) is 10.3. The highest BCUT2D eigenvalue weighted by atomic mass is 79.9. The van der Waals surface area contributed by atoms with Gasteiger partial charge in [-0.05, 0) is 25.1 Å². The maximum Gasteiger partial charge on any atom is 0.0907 e. The van der Waals surface area contributed by atoms with Crippen LogP contribution < -0.4 is 0 Å². The predicted molar refractivity (Wildman–Crippen MR) is 64.2 cm³/mol. The Morgan fingerprint density at radius 1 is 1.14 bits per heavy atom. The van der Waals surface area contributed by atoms with Crippen molar-refractivity contribution in [2.75, 3.05) is 0 Å². The second-order valence-corrected chi connectivity index (χ2v) is 4.76. The van der Waals surface area contributed by atoms with Crippen LogP contribution in [0.1, 0.15) is 5.69 Å². The molecular weight excluding hydrogens is 285 g/mol. The van der Waals surface area contributed by atoms with Crippen LogP contribution in [0.15, 0.2) is 22.7 Å². The largest absolute Gasteiger partial charge is 0.251 e. The molecule has 0 aliphatic rings. The van der Waals surface area contributed by atoms with E-state index in [0.29, 0.717) is 10.0 Å². The Kier molecular flexibility index (Phi) is 2.69. The molecule has 2 aromatic rings. The fourth-order valence-corrected chi connectivity index (χ4v) is 2.48. The zero-order valence-electron chi connectivity index (χ0n) is 7.31. The molecular formula is C10H6BrCl2N. The fraction of sp³-hybridized carbons (Fsp3) is 0.100. The first-order chi connectivity index (χ1) is 6.58. The highest BCUT2D eigenvalue weighted by molar-refractivity contribution is 9.10. The second-order valence-electron chi connectivity index (χ2n) is 3.03. The number of aryl methyl sites for hydroxylation is 1. The van der Waals surface area contributed by atoms with Crippen molar-refractivity contribution in [1.82, 2.24) is 4.98 Å². The molecule has 1 aromatic heterocycles. The van der Waals surface area contributed by atoms with Crippen molar-refractivity contribution in [3.8, 4) is 0 Å². The molecule has 0 amide bonds. The zero-order valence-corrected chi connectivity index (χ0v) is 10.4. The minimum atomic E-state index is 0.611. The van der Waals surface area contributed by atoms with Crippen LogP contribution in [0.4, 0.5) is 0 Å². The number of fused-ring (bicyclic) bond motifs is 1. The maximum absolute atomic E-state index is 6.09. The van der Waals surface area contributed by atoms with Gasteiger partial charge in [-0.2, -0.15) is 0 Å². The van der Waals surface area contributed by atoms with E-state index < -0.39 is 0 Å². The number of nitrogens with zero attached hydrogens (tertiary/aromatic N) is 1. The molecule has 0 bridgehead atoms. The summed E-state index contributed by atoms with van der Waals surface area (Å²) in [5.74, 6) is 0. The second kappa shape index (κ2) is 3.69. The number of halogens is 3. The summed E-state index contributed by atoms with van der Waals surface area (Å²) >= 11 is 15.5. The van der Waals surface area contributed by atoms with Gasteiger partial charge in [-0.3, -0.25) is 4.98 Å². The molecule has 2 rings (SSSR count). The van der Waals surface area contributed by atoms with Crippen LogP contribution in [-0.4, -0.2) is 4.98 Å². The van der Waals surface area contributed by atoms with Crippen molar-refractivity contribution < 1.29 is 0 Å². The van der Waals surface area contributed by atoms with Crippen LogP contribution in [0.25, 0.3) is 10.9 Å². The Labute approximate surface area is 100 Å². The summed E-state index contributed by atoms with van der Waals surface area (Å²) in [6, 6.07) is 5.55. The van der Waals surface area contributed by atoms with Crippen molar-refractivity contribution in [3.05, 3.63) is 38.4 Å². The Hall–Kier alpha value is -0.310. The number of hydrogen-bond donors (Lipinski definition) is 0. The molecule has 0 aliphatic heterocycles.